The van der Waals surface area contributed by atoms with Gasteiger partial charge in [0.2, 0.25) is 3.67 Å². The van der Waals surface area contributed by atoms with E-state index in [-0.39, 0.29) is 5.56 Å². The summed E-state index contributed by atoms with van der Waals surface area (Å²) in [6, 6.07) is 4.57. The van der Waals surface area contributed by atoms with E-state index in [0.717, 1.165) is 18.4 Å². The second kappa shape index (κ2) is 4.49. The molecule has 1 atom stereocenters. The molecule has 0 saturated heterocycles. The summed E-state index contributed by atoms with van der Waals surface area (Å²) in [4.78, 5) is 0. The average molecular weight is 287 g/mol. The summed E-state index contributed by atoms with van der Waals surface area (Å²) in [7, 11) is -3.87. The first-order chi connectivity index (χ1) is 7.16. The lowest BCUT2D eigenvalue weighted by molar-refractivity contribution is 0.181. The van der Waals surface area contributed by atoms with Crippen molar-refractivity contribution in [3.8, 4) is 0 Å². The van der Waals surface area contributed by atoms with Crippen LogP contribution in [0.5, 0.6) is 0 Å². The second-order valence-corrected chi connectivity index (χ2v) is 7.31. The highest BCUT2D eigenvalue weighted by Crippen LogP contribution is 2.40. The Balaban J connectivity index is 3.12. The van der Waals surface area contributed by atoms with Gasteiger partial charge in [-0.25, -0.2) is 12.8 Å². The SMILES string of the molecule is CS(=O)(=O)C(Cl)(Cl)[C@@H](O)c1ccc(F)cc1. The van der Waals surface area contributed by atoms with Crippen LogP contribution in [-0.2, 0) is 9.84 Å². The van der Waals surface area contributed by atoms with Gasteiger partial charge in [-0.15, -0.1) is 0 Å². The predicted molar refractivity (Wildman–Crippen MR) is 60.6 cm³/mol. The fraction of sp³-hybridized carbons (Fsp3) is 0.333. The quantitative estimate of drug-likeness (QED) is 0.865. The van der Waals surface area contributed by atoms with Crippen LogP contribution in [-0.4, -0.2) is 23.4 Å². The van der Waals surface area contributed by atoms with Gasteiger partial charge in [-0.05, 0) is 17.7 Å². The maximum absolute atomic E-state index is 12.6. The van der Waals surface area contributed by atoms with Gasteiger partial charge < -0.3 is 5.11 Å². The van der Waals surface area contributed by atoms with E-state index in [0.29, 0.717) is 0 Å². The first kappa shape index (κ1) is 13.7. The summed E-state index contributed by atoms with van der Waals surface area (Å²) < 4.78 is 32.7. The van der Waals surface area contributed by atoms with Gasteiger partial charge >= 0.3 is 0 Å². The third kappa shape index (κ3) is 2.66. The highest BCUT2D eigenvalue weighted by atomic mass is 35.5. The first-order valence-corrected chi connectivity index (χ1v) is 6.82. The molecule has 1 aromatic rings. The van der Waals surface area contributed by atoms with E-state index in [9.17, 15) is 17.9 Å². The zero-order chi connectivity index (χ0) is 12.6. The van der Waals surface area contributed by atoms with Gasteiger partial charge in [0.05, 0.1) is 0 Å². The smallest absolute Gasteiger partial charge is 0.247 e. The Morgan fingerprint density at radius 2 is 1.75 bits per heavy atom. The van der Waals surface area contributed by atoms with Crippen LogP contribution in [0.2, 0.25) is 0 Å². The van der Waals surface area contributed by atoms with Crippen LogP contribution in [0.25, 0.3) is 0 Å². The molecule has 0 spiro atoms. The monoisotopic (exact) mass is 286 g/mol. The summed E-state index contributed by atoms with van der Waals surface area (Å²) in [6.45, 7) is 0. The number of hydrogen-bond donors (Lipinski definition) is 1. The Hall–Kier alpha value is -0.360. The van der Waals surface area contributed by atoms with E-state index in [1.807, 2.05) is 0 Å². The molecule has 0 saturated carbocycles. The first-order valence-electron chi connectivity index (χ1n) is 4.17. The molecule has 0 heterocycles. The molecule has 90 valence electrons. The minimum absolute atomic E-state index is 0.122. The van der Waals surface area contributed by atoms with Gasteiger partial charge in [0.15, 0.2) is 9.84 Å². The van der Waals surface area contributed by atoms with Crippen LogP contribution < -0.4 is 0 Å². The third-order valence-corrected chi connectivity index (χ3v) is 5.31. The Morgan fingerprint density at radius 1 is 1.31 bits per heavy atom. The van der Waals surface area contributed by atoms with Crippen molar-refractivity contribution in [2.75, 3.05) is 6.26 Å². The molecule has 0 aromatic heterocycles. The lowest BCUT2D eigenvalue weighted by Crippen LogP contribution is -2.32. The lowest BCUT2D eigenvalue weighted by Gasteiger charge is -2.23. The molecule has 1 aromatic carbocycles. The molecule has 0 unspecified atom stereocenters. The number of hydrogen-bond acceptors (Lipinski definition) is 3. The standard InChI is InChI=1S/C9H9Cl2FO3S/c1-16(14,15)9(10,11)8(13)6-2-4-7(12)5-3-6/h2-5,8,13H,1H3/t8-/m0/s1. The largest absolute Gasteiger partial charge is 0.384 e. The van der Waals surface area contributed by atoms with Crippen molar-refractivity contribution in [3.63, 3.8) is 0 Å². The fourth-order valence-corrected chi connectivity index (χ4v) is 1.84. The number of aliphatic hydroxyl groups is 1. The number of rotatable bonds is 3. The van der Waals surface area contributed by atoms with Gasteiger partial charge in [-0.2, -0.15) is 0 Å². The molecular weight excluding hydrogens is 278 g/mol. The van der Waals surface area contributed by atoms with E-state index in [2.05, 4.69) is 0 Å². The van der Waals surface area contributed by atoms with E-state index < -0.39 is 25.4 Å². The van der Waals surface area contributed by atoms with Crippen LogP contribution in [0.3, 0.4) is 0 Å². The Labute approximate surface area is 103 Å². The zero-order valence-corrected chi connectivity index (χ0v) is 10.5. The van der Waals surface area contributed by atoms with Gasteiger partial charge in [0, 0.05) is 6.26 Å². The maximum Gasteiger partial charge on any atom is 0.247 e. The highest BCUT2D eigenvalue weighted by molar-refractivity contribution is 7.94. The van der Waals surface area contributed by atoms with Crippen LogP contribution in [0.1, 0.15) is 11.7 Å². The van der Waals surface area contributed by atoms with Crippen LogP contribution in [0, 0.1) is 5.82 Å². The molecule has 0 aliphatic carbocycles. The molecule has 16 heavy (non-hydrogen) atoms. The molecule has 0 radical (unpaired) electrons. The molecule has 0 aliphatic rings. The number of aliphatic hydroxyl groups excluding tert-OH is 1. The van der Waals surface area contributed by atoms with Crippen molar-refractivity contribution in [2.45, 2.75) is 9.77 Å². The van der Waals surface area contributed by atoms with Crippen LogP contribution in [0.4, 0.5) is 4.39 Å². The van der Waals surface area contributed by atoms with E-state index in [1.54, 1.807) is 0 Å². The normalized spacial score (nSPS) is 14.8. The molecule has 0 fully saturated rings. The Kier molecular flexibility index (Phi) is 3.84. The van der Waals surface area contributed by atoms with E-state index in [1.165, 1.54) is 12.1 Å². The molecule has 0 aliphatic heterocycles. The number of halogens is 3. The van der Waals surface area contributed by atoms with Gasteiger partial charge in [-0.1, -0.05) is 35.3 Å². The molecule has 1 N–H and O–H groups in total. The maximum atomic E-state index is 12.6. The van der Waals surface area contributed by atoms with Crippen molar-refractivity contribution in [1.82, 2.24) is 0 Å². The highest BCUT2D eigenvalue weighted by Gasteiger charge is 2.44. The molecule has 0 amide bonds. The summed E-state index contributed by atoms with van der Waals surface area (Å²) in [5.41, 5.74) is 0.122. The number of benzene rings is 1. The molecule has 0 bridgehead atoms. The average Bonchev–Trinajstić information content (AvgIpc) is 2.16. The third-order valence-electron chi connectivity index (χ3n) is 2.00. The molecular formula is C9H9Cl2FO3S. The zero-order valence-electron chi connectivity index (χ0n) is 8.19. The lowest BCUT2D eigenvalue weighted by atomic mass is 10.1. The van der Waals surface area contributed by atoms with Crippen LogP contribution >= 0.6 is 23.2 Å². The topological polar surface area (TPSA) is 54.4 Å². The van der Waals surface area contributed by atoms with Crippen molar-refractivity contribution in [1.29, 1.82) is 0 Å². The minimum Gasteiger partial charge on any atom is -0.384 e. The molecule has 1 rings (SSSR count). The van der Waals surface area contributed by atoms with Crippen molar-refractivity contribution in [2.24, 2.45) is 0 Å². The van der Waals surface area contributed by atoms with Crippen LogP contribution in [0.15, 0.2) is 24.3 Å². The predicted octanol–water partition coefficient (Wildman–Crippen LogP) is 2.04. The van der Waals surface area contributed by atoms with Crippen molar-refractivity contribution < 1.29 is 17.9 Å². The number of alkyl halides is 2. The summed E-state index contributed by atoms with van der Waals surface area (Å²) in [5, 5.41) is 9.71. The van der Waals surface area contributed by atoms with Crippen molar-refractivity contribution in [3.05, 3.63) is 35.6 Å². The number of sulfone groups is 1. The fourth-order valence-electron chi connectivity index (χ4n) is 1.04. The second-order valence-electron chi connectivity index (χ2n) is 3.29. The Morgan fingerprint density at radius 3 is 2.12 bits per heavy atom. The van der Waals surface area contributed by atoms with E-state index >= 15 is 0 Å². The van der Waals surface area contributed by atoms with Gasteiger partial charge in [-0.3, -0.25) is 0 Å². The van der Waals surface area contributed by atoms with Gasteiger partial charge in [0.25, 0.3) is 0 Å². The van der Waals surface area contributed by atoms with E-state index in [4.69, 9.17) is 23.2 Å². The molecule has 7 heteroatoms. The summed E-state index contributed by atoms with van der Waals surface area (Å²) >= 11 is 11.1. The van der Waals surface area contributed by atoms with Gasteiger partial charge in [0.1, 0.15) is 11.9 Å². The van der Waals surface area contributed by atoms with Crippen molar-refractivity contribution >= 4 is 33.0 Å². The Bertz CT molecular complexity index is 470. The summed E-state index contributed by atoms with van der Waals surface area (Å²) in [5.74, 6) is -0.509. The minimum atomic E-state index is -3.87. The summed E-state index contributed by atoms with van der Waals surface area (Å²) in [6.07, 6.45) is -0.842. The molecule has 3 nitrogen and oxygen atoms in total.